The maximum Gasteiger partial charge on any atom is 0.333 e. The molecule has 0 bridgehead atoms. The lowest BCUT2D eigenvalue weighted by molar-refractivity contribution is -0.130. The van der Waals surface area contributed by atoms with Gasteiger partial charge in [-0.3, -0.25) is 28.6 Å². The van der Waals surface area contributed by atoms with E-state index < -0.39 is 11.2 Å². The monoisotopic (exact) mass is 351 g/mol. The number of aromatic nitrogens is 2. The molecule has 0 spiro atoms. The Hall–Kier alpha value is -2.42. The van der Waals surface area contributed by atoms with Crippen molar-refractivity contribution in [3.63, 3.8) is 0 Å². The van der Waals surface area contributed by atoms with Crippen LogP contribution in [0.2, 0.25) is 0 Å². The Balaban J connectivity index is 2.05. The zero-order valence-corrected chi connectivity index (χ0v) is 15.2. The molecule has 1 aliphatic rings. The van der Waals surface area contributed by atoms with E-state index >= 15 is 0 Å². The summed E-state index contributed by atoms with van der Waals surface area (Å²) in [5, 5.41) is 10.1. The Morgan fingerprint density at radius 1 is 1.08 bits per heavy atom. The minimum absolute atomic E-state index is 0.0472. The molecule has 1 fully saturated rings. The van der Waals surface area contributed by atoms with Gasteiger partial charge in [0.05, 0.1) is 6.54 Å². The maximum atomic E-state index is 12.2. The van der Waals surface area contributed by atoms with Gasteiger partial charge in [0, 0.05) is 59.5 Å². The van der Waals surface area contributed by atoms with Crippen molar-refractivity contribution < 1.29 is 9.90 Å². The number of hydrogen-bond acceptors (Lipinski definition) is 6. The molecule has 2 heterocycles. The number of aromatic hydroxyl groups is 1. The molecule has 1 aliphatic heterocycles. The Kier molecular flexibility index (Phi) is 5.78. The zero-order valence-electron chi connectivity index (χ0n) is 15.2. The molecule has 0 radical (unpaired) electrons. The molecule has 1 saturated heterocycles. The van der Waals surface area contributed by atoms with Crippen LogP contribution in [0.25, 0.3) is 0 Å². The highest BCUT2D eigenvalue weighted by Gasteiger charge is 2.19. The number of carbonyl (C=O) groups is 1. The molecule has 1 aromatic heterocycles. The molecule has 0 aliphatic carbocycles. The highest BCUT2D eigenvalue weighted by molar-refractivity contribution is 6.00. The topological polar surface area (TPSA) is 100 Å². The zero-order chi connectivity index (χ0) is 18.7. The molecule has 138 valence electrons. The van der Waals surface area contributed by atoms with Gasteiger partial charge in [0.25, 0.3) is 5.56 Å². The number of amides is 1. The highest BCUT2D eigenvalue weighted by atomic mass is 16.3. The average molecular weight is 351 g/mol. The minimum atomic E-state index is -0.581. The summed E-state index contributed by atoms with van der Waals surface area (Å²) in [6, 6.07) is 0. The van der Waals surface area contributed by atoms with Crippen LogP contribution in [0, 0.1) is 0 Å². The molecule has 1 amide bonds. The summed E-state index contributed by atoms with van der Waals surface area (Å²) in [6.45, 7) is 7.40. The molecular weight excluding hydrogens is 326 g/mol. The quantitative estimate of drug-likeness (QED) is 0.684. The molecule has 1 aromatic rings. The summed E-state index contributed by atoms with van der Waals surface area (Å²) >= 11 is 0. The van der Waals surface area contributed by atoms with Crippen LogP contribution in [0.15, 0.2) is 14.6 Å². The van der Waals surface area contributed by atoms with E-state index in [-0.39, 0.29) is 17.4 Å². The lowest BCUT2D eigenvalue weighted by atomic mass is 10.2. The maximum absolute atomic E-state index is 12.2. The Bertz CT molecular complexity index is 800. The van der Waals surface area contributed by atoms with Gasteiger partial charge in [-0.1, -0.05) is 0 Å². The van der Waals surface area contributed by atoms with E-state index in [9.17, 15) is 19.5 Å². The fraction of sp³-hybridized carbons (Fsp3) is 0.625. The van der Waals surface area contributed by atoms with Crippen LogP contribution in [0.3, 0.4) is 0 Å². The van der Waals surface area contributed by atoms with Crippen molar-refractivity contribution in [1.82, 2.24) is 18.9 Å². The first-order valence-corrected chi connectivity index (χ1v) is 8.22. The van der Waals surface area contributed by atoms with E-state index in [4.69, 9.17) is 0 Å². The molecule has 9 nitrogen and oxygen atoms in total. The van der Waals surface area contributed by atoms with E-state index in [0.717, 1.165) is 22.2 Å². The van der Waals surface area contributed by atoms with E-state index in [1.165, 1.54) is 14.1 Å². The van der Waals surface area contributed by atoms with Gasteiger partial charge >= 0.3 is 5.69 Å². The van der Waals surface area contributed by atoms with Crippen molar-refractivity contribution >= 4 is 11.6 Å². The number of hydrogen-bond donors (Lipinski definition) is 1. The van der Waals surface area contributed by atoms with Crippen LogP contribution in [0.1, 0.15) is 19.4 Å². The third-order valence-corrected chi connectivity index (χ3v) is 4.58. The van der Waals surface area contributed by atoms with E-state index in [1.54, 1.807) is 13.8 Å². The van der Waals surface area contributed by atoms with Crippen molar-refractivity contribution in [3.05, 3.63) is 26.4 Å². The summed E-state index contributed by atoms with van der Waals surface area (Å²) in [6.07, 6.45) is 0. The number of piperazine rings is 1. The molecule has 1 N–H and O–H groups in total. The molecule has 9 heteroatoms. The molecule has 25 heavy (non-hydrogen) atoms. The van der Waals surface area contributed by atoms with Crippen molar-refractivity contribution in [1.29, 1.82) is 0 Å². The standard InChI is InChI=1S/C16H25N5O4/c1-11(13-14(23)18(3)16(25)19(4)15(13)24)17-5-6-20-7-9-21(10-8-20)12(2)22/h23H,5-10H2,1-4H3. The van der Waals surface area contributed by atoms with Crippen molar-refractivity contribution in [2.45, 2.75) is 13.8 Å². The van der Waals surface area contributed by atoms with Crippen LogP contribution >= 0.6 is 0 Å². The van der Waals surface area contributed by atoms with Gasteiger partial charge in [-0.15, -0.1) is 0 Å². The number of rotatable bonds is 4. The SMILES string of the molecule is CC(=O)N1CCN(CCN=C(C)c2c(O)n(C)c(=O)n(C)c2=O)CC1. The summed E-state index contributed by atoms with van der Waals surface area (Å²) in [7, 11) is 2.78. The summed E-state index contributed by atoms with van der Waals surface area (Å²) < 4.78 is 1.98. The fourth-order valence-electron chi connectivity index (χ4n) is 2.87. The first-order chi connectivity index (χ1) is 11.7. The minimum Gasteiger partial charge on any atom is -0.494 e. The largest absolute Gasteiger partial charge is 0.494 e. The van der Waals surface area contributed by atoms with Crippen LogP contribution in [0.4, 0.5) is 0 Å². The van der Waals surface area contributed by atoms with E-state index in [2.05, 4.69) is 9.89 Å². The third kappa shape index (κ3) is 3.98. The van der Waals surface area contributed by atoms with Crippen LogP contribution in [0.5, 0.6) is 5.88 Å². The second kappa shape index (κ2) is 7.64. The molecule has 0 atom stereocenters. The van der Waals surface area contributed by atoms with Gasteiger partial charge in [-0.05, 0) is 6.92 Å². The molecular formula is C16H25N5O4. The number of carbonyl (C=O) groups excluding carboxylic acids is 1. The fourth-order valence-corrected chi connectivity index (χ4v) is 2.87. The first kappa shape index (κ1) is 18.9. The van der Waals surface area contributed by atoms with Crippen molar-refractivity contribution in [2.75, 3.05) is 39.3 Å². The third-order valence-electron chi connectivity index (χ3n) is 4.58. The van der Waals surface area contributed by atoms with Crippen LogP contribution < -0.4 is 11.2 Å². The van der Waals surface area contributed by atoms with E-state index in [0.29, 0.717) is 31.9 Å². The number of nitrogens with zero attached hydrogens (tertiary/aromatic N) is 5. The molecule has 0 aromatic carbocycles. The molecule has 0 unspecified atom stereocenters. The lowest BCUT2D eigenvalue weighted by Crippen LogP contribution is -2.48. The van der Waals surface area contributed by atoms with Crippen molar-refractivity contribution in [2.24, 2.45) is 19.1 Å². The van der Waals surface area contributed by atoms with Crippen LogP contribution in [-0.2, 0) is 18.9 Å². The van der Waals surface area contributed by atoms with Crippen molar-refractivity contribution in [3.8, 4) is 5.88 Å². The smallest absolute Gasteiger partial charge is 0.333 e. The Morgan fingerprint density at radius 2 is 1.68 bits per heavy atom. The molecule has 2 rings (SSSR count). The van der Waals surface area contributed by atoms with Gasteiger partial charge in [0.2, 0.25) is 11.8 Å². The predicted octanol–water partition coefficient (Wildman–Crippen LogP) is -1.24. The summed E-state index contributed by atoms with van der Waals surface area (Å²) in [5.41, 5.74) is -0.693. The van der Waals surface area contributed by atoms with E-state index in [1.807, 2.05) is 4.90 Å². The Labute approximate surface area is 145 Å². The summed E-state index contributed by atoms with van der Waals surface area (Å²) in [5.74, 6) is -0.279. The predicted molar refractivity (Wildman–Crippen MR) is 94.4 cm³/mol. The average Bonchev–Trinajstić information content (AvgIpc) is 2.59. The number of aliphatic imine (C=N–C) groups is 1. The lowest BCUT2D eigenvalue weighted by Gasteiger charge is -2.33. The second-order valence-electron chi connectivity index (χ2n) is 6.22. The second-order valence-corrected chi connectivity index (χ2v) is 6.22. The van der Waals surface area contributed by atoms with Gasteiger partial charge in [0.1, 0.15) is 5.56 Å². The Morgan fingerprint density at radius 3 is 2.24 bits per heavy atom. The van der Waals surface area contributed by atoms with Gasteiger partial charge in [0.15, 0.2) is 0 Å². The van der Waals surface area contributed by atoms with Crippen LogP contribution in [-0.4, -0.2) is 74.9 Å². The highest BCUT2D eigenvalue weighted by Crippen LogP contribution is 2.10. The van der Waals surface area contributed by atoms with Gasteiger partial charge in [-0.2, -0.15) is 0 Å². The van der Waals surface area contributed by atoms with Gasteiger partial charge in [-0.25, -0.2) is 4.79 Å². The normalized spacial score (nSPS) is 16.3. The first-order valence-electron chi connectivity index (χ1n) is 8.22. The van der Waals surface area contributed by atoms with Gasteiger partial charge < -0.3 is 10.0 Å². The summed E-state index contributed by atoms with van der Waals surface area (Å²) in [4.78, 5) is 43.7. The molecule has 0 saturated carbocycles.